The van der Waals surface area contributed by atoms with Crippen LogP contribution in [0.3, 0.4) is 0 Å². The van der Waals surface area contributed by atoms with E-state index in [0.29, 0.717) is 30.3 Å². The summed E-state index contributed by atoms with van der Waals surface area (Å²) in [6.45, 7) is 2.58. The van der Waals surface area contributed by atoms with Gasteiger partial charge in [-0.15, -0.1) is 0 Å². The predicted molar refractivity (Wildman–Crippen MR) is 128 cm³/mol. The first kappa shape index (κ1) is 25.6. The molecule has 0 saturated carbocycles. The minimum Gasteiger partial charge on any atom is -0.506 e. The lowest BCUT2D eigenvalue weighted by molar-refractivity contribution is -0.137. The Bertz CT molecular complexity index is 1170. The summed E-state index contributed by atoms with van der Waals surface area (Å²) in [6, 6.07) is 3.48. The molecule has 3 rings (SSSR count). The van der Waals surface area contributed by atoms with Gasteiger partial charge in [-0.3, -0.25) is 19.4 Å². The van der Waals surface area contributed by atoms with Gasteiger partial charge < -0.3 is 36.2 Å². The number of phenols is 1. The van der Waals surface area contributed by atoms with Crippen LogP contribution in [0.4, 0.5) is 5.69 Å². The fraction of sp³-hybridized carbons (Fsp3) is 0.318. The van der Waals surface area contributed by atoms with E-state index < -0.39 is 36.8 Å². The molecule has 0 fully saturated rings. The summed E-state index contributed by atoms with van der Waals surface area (Å²) in [5.41, 5.74) is 1.40. The van der Waals surface area contributed by atoms with E-state index in [1.807, 2.05) is 0 Å². The lowest BCUT2D eigenvalue weighted by atomic mass is 10.00. The maximum absolute atomic E-state index is 12.8. The minimum atomic E-state index is -1.20. The number of methoxy groups -OCH3 is 1. The quantitative estimate of drug-likeness (QED) is 0.293. The molecule has 186 valence electrons. The van der Waals surface area contributed by atoms with Gasteiger partial charge in [0.2, 0.25) is 11.8 Å². The van der Waals surface area contributed by atoms with Crippen molar-refractivity contribution in [3.05, 3.63) is 46.1 Å². The maximum atomic E-state index is 12.8. The number of aliphatic imine (C=N–C) groups is 1. The zero-order valence-corrected chi connectivity index (χ0v) is 19.8. The van der Waals surface area contributed by atoms with Crippen LogP contribution in [0.15, 0.2) is 29.4 Å². The van der Waals surface area contributed by atoms with E-state index in [1.54, 1.807) is 6.92 Å². The van der Waals surface area contributed by atoms with Crippen molar-refractivity contribution in [2.75, 3.05) is 32.1 Å². The number of guanidine groups is 1. The number of benzene rings is 1. The van der Waals surface area contributed by atoms with Gasteiger partial charge in [0.05, 0.1) is 49.6 Å². The number of rotatable bonds is 9. The number of carbonyl (C=O) groups is 3. The molecule has 1 aromatic heterocycles. The molecule has 0 bridgehead atoms. The number of hydrogen-bond acceptors (Lipinski definition) is 9. The lowest BCUT2D eigenvalue weighted by Crippen LogP contribution is -2.39. The number of carbonyl (C=O) groups excluding carboxylic acids is 2. The molecule has 1 aliphatic heterocycles. The Morgan fingerprint density at radius 3 is 2.71 bits per heavy atom. The van der Waals surface area contributed by atoms with E-state index in [-0.39, 0.29) is 27.8 Å². The van der Waals surface area contributed by atoms with Gasteiger partial charge in [0.25, 0.3) is 5.91 Å². The number of aryl methyl sites for hydroxylation is 1. The highest BCUT2D eigenvalue weighted by atomic mass is 35.5. The average Bonchev–Trinajstić information content (AvgIpc) is 3.32. The number of pyridine rings is 1. The molecule has 1 aromatic carbocycles. The third-order valence-corrected chi connectivity index (χ3v) is 5.25. The molecule has 2 amide bonds. The van der Waals surface area contributed by atoms with E-state index in [0.717, 1.165) is 0 Å². The summed E-state index contributed by atoms with van der Waals surface area (Å²) in [6.07, 6.45) is 0.969. The third kappa shape index (κ3) is 6.73. The Morgan fingerprint density at radius 2 is 2.06 bits per heavy atom. The fourth-order valence-corrected chi connectivity index (χ4v) is 3.69. The van der Waals surface area contributed by atoms with E-state index in [2.05, 4.69) is 31.2 Å². The highest BCUT2D eigenvalue weighted by molar-refractivity contribution is 6.32. The number of phenolic OH excluding ortho intramolecular Hbond substituents is 1. The van der Waals surface area contributed by atoms with Crippen LogP contribution in [0, 0.1) is 6.92 Å². The molecule has 1 unspecified atom stereocenters. The normalized spacial score (nSPS) is 13.3. The first-order chi connectivity index (χ1) is 16.7. The van der Waals surface area contributed by atoms with Crippen LogP contribution in [-0.4, -0.2) is 65.7 Å². The van der Waals surface area contributed by atoms with Gasteiger partial charge >= 0.3 is 5.97 Å². The van der Waals surface area contributed by atoms with Gasteiger partial charge in [0.15, 0.2) is 5.96 Å². The summed E-state index contributed by atoms with van der Waals surface area (Å²) in [7, 11) is 1.36. The Labute approximate surface area is 205 Å². The molecular formula is C22H25ClN6O6. The van der Waals surface area contributed by atoms with Crippen molar-refractivity contribution in [2.45, 2.75) is 19.4 Å². The van der Waals surface area contributed by atoms with Gasteiger partial charge in [-0.2, -0.15) is 0 Å². The van der Waals surface area contributed by atoms with Crippen LogP contribution in [0.1, 0.15) is 33.9 Å². The monoisotopic (exact) mass is 504 g/mol. The molecule has 6 N–H and O–H groups in total. The molecular weight excluding hydrogens is 480 g/mol. The second kappa shape index (κ2) is 11.4. The van der Waals surface area contributed by atoms with E-state index in [4.69, 9.17) is 16.3 Å². The molecule has 35 heavy (non-hydrogen) atoms. The highest BCUT2D eigenvalue weighted by Gasteiger charge is 2.24. The number of nitrogens with zero attached hydrogens (tertiary/aromatic N) is 2. The number of aromatic nitrogens is 1. The molecule has 2 aromatic rings. The molecule has 0 spiro atoms. The first-order valence-corrected chi connectivity index (χ1v) is 10.9. The molecule has 0 saturated heterocycles. The molecule has 2 heterocycles. The van der Waals surface area contributed by atoms with Crippen LogP contribution in [-0.2, 0) is 9.59 Å². The summed E-state index contributed by atoms with van der Waals surface area (Å²) in [5.74, 6) is -2.23. The zero-order chi connectivity index (χ0) is 25.5. The SMILES string of the molecule is COc1ncc(NC2=NCCN2)cc1C(=O)NCC(=O)NC(CC(=O)O)c1cc(C)cc(Cl)c1O. The van der Waals surface area contributed by atoms with Crippen LogP contribution in [0.25, 0.3) is 0 Å². The van der Waals surface area contributed by atoms with Crippen LogP contribution >= 0.6 is 11.6 Å². The Balaban J connectivity index is 1.69. The van der Waals surface area contributed by atoms with E-state index in [1.165, 1.54) is 31.5 Å². The molecule has 1 aliphatic rings. The minimum absolute atomic E-state index is 0.0322. The lowest BCUT2D eigenvalue weighted by Gasteiger charge is -2.20. The summed E-state index contributed by atoms with van der Waals surface area (Å²) in [4.78, 5) is 45.0. The van der Waals surface area contributed by atoms with Crippen molar-refractivity contribution in [3.8, 4) is 11.6 Å². The van der Waals surface area contributed by atoms with Gasteiger partial charge in [0.1, 0.15) is 11.3 Å². The van der Waals surface area contributed by atoms with Crippen LogP contribution in [0.2, 0.25) is 5.02 Å². The number of nitrogens with one attached hydrogen (secondary N) is 4. The number of aliphatic carboxylic acids is 1. The first-order valence-electron chi connectivity index (χ1n) is 10.6. The Hall–Kier alpha value is -4.06. The standard InChI is InChI=1S/C22H25ClN6O6/c1-11-5-13(19(33)15(23)6-11)16(8-18(31)32)29-17(30)10-26-20(34)14-7-12(9-27-21(14)35-2)28-22-24-3-4-25-22/h5-7,9,16,33H,3-4,8,10H2,1-2H3,(H,26,34)(H,29,30)(H,31,32)(H2,24,25,28). The molecule has 0 radical (unpaired) electrons. The number of halogens is 1. The van der Waals surface area contributed by atoms with Crippen molar-refractivity contribution in [1.82, 2.24) is 20.9 Å². The fourth-order valence-electron chi connectivity index (χ4n) is 3.41. The second-order valence-electron chi connectivity index (χ2n) is 7.65. The number of ether oxygens (including phenoxy) is 1. The number of anilines is 1. The van der Waals surface area contributed by atoms with E-state index >= 15 is 0 Å². The van der Waals surface area contributed by atoms with Gasteiger partial charge in [-0.05, 0) is 24.6 Å². The Kier molecular flexibility index (Phi) is 8.31. The van der Waals surface area contributed by atoms with Crippen LogP contribution < -0.4 is 26.0 Å². The maximum Gasteiger partial charge on any atom is 0.305 e. The van der Waals surface area contributed by atoms with E-state index in [9.17, 15) is 24.6 Å². The molecule has 0 aliphatic carbocycles. The van der Waals surface area contributed by atoms with Gasteiger partial charge in [0, 0.05) is 12.1 Å². The van der Waals surface area contributed by atoms with Crippen molar-refractivity contribution in [1.29, 1.82) is 0 Å². The molecule has 1 atom stereocenters. The smallest absolute Gasteiger partial charge is 0.305 e. The van der Waals surface area contributed by atoms with Crippen molar-refractivity contribution in [3.63, 3.8) is 0 Å². The van der Waals surface area contributed by atoms with Crippen LogP contribution in [0.5, 0.6) is 11.6 Å². The van der Waals surface area contributed by atoms with Crippen molar-refractivity contribution < 1.29 is 29.3 Å². The molecule has 13 heteroatoms. The van der Waals surface area contributed by atoms with Gasteiger partial charge in [-0.1, -0.05) is 17.7 Å². The molecule has 12 nitrogen and oxygen atoms in total. The summed E-state index contributed by atoms with van der Waals surface area (Å²) >= 11 is 6.00. The van der Waals surface area contributed by atoms with Gasteiger partial charge in [-0.25, -0.2) is 4.98 Å². The number of carboxylic acids is 1. The van der Waals surface area contributed by atoms with Crippen molar-refractivity contribution in [2.24, 2.45) is 4.99 Å². The average molecular weight is 505 g/mol. The number of carboxylic acid groups (broad SMARTS) is 1. The zero-order valence-electron chi connectivity index (χ0n) is 19.0. The third-order valence-electron chi connectivity index (χ3n) is 4.96. The highest BCUT2D eigenvalue weighted by Crippen LogP contribution is 2.34. The number of aromatic hydroxyl groups is 1. The van der Waals surface area contributed by atoms with Crippen molar-refractivity contribution >= 4 is 41.0 Å². The predicted octanol–water partition coefficient (Wildman–Crippen LogP) is 1.19. The number of hydrogen-bond donors (Lipinski definition) is 6. The second-order valence-corrected chi connectivity index (χ2v) is 8.06. The topological polar surface area (TPSA) is 174 Å². The largest absolute Gasteiger partial charge is 0.506 e. The summed E-state index contributed by atoms with van der Waals surface area (Å²) in [5, 5.41) is 30.6. The Morgan fingerprint density at radius 1 is 1.29 bits per heavy atom. The summed E-state index contributed by atoms with van der Waals surface area (Å²) < 4.78 is 5.15. The number of amides is 2.